The predicted octanol–water partition coefficient (Wildman–Crippen LogP) is 4.90. The van der Waals surface area contributed by atoms with Crippen LogP contribution in [-0.2, 0) is 16.1 Å². The van der Waals surface area contributed by atoms with Crippen molar-refractivity contribution in [3.05, 3.63) is 65.9 Å². The zero-order valence-corrected chi connectivity index (χ0v) is 21.4. The number of amides is 2. The number of hydrogen-bond donors (Lipinski definition) is 2. The van der Waals surface area contributed by atoms with Gasteiger partial charge in [-0.3, -0.25) is 4.79 Å². The molecule has 0 aliphatic rings. The van der Waals surface area contributed by atoms with E-state index in [1.165, 1.54) is 0 Å². The maximum absolute atomic E-state index is 12.5. The van der Waals surface area contributed by atoms with Crippen LogP contribution in [0.5, 0.6) is 0 Å². The third-order valence-electron chi connectivity index (χ3n) is 5.32. The normalized spacial score (nSPS) is 12.1. The molecule has 10 nitrogen and oxygen atoms in total. The molecule has 4 rings (SSSR count). The highest BCUT2D eigenvalue weighted by Crippen LogP contribution is 2.35. The lowest BCUT2D eigenvalue weighted by atomic mass is 10.0. The molecule has 4 aromatic rings. The van der Waals surface area contributed by atoms with Crippen LogP contribution in [0.25, 0.3) is 34.2 Å². The van der Waals surface area contributed by atoms with E-state index in [0.717, 1.165) is 16.7 Å². The summed E-state index contributed by atoms with van der Waals surface area (Å²) in [6, 6.07) is 16.2. The molecule has 10 heteroatoms. The van der Waals surface area contributed by atoms with Crippen molar-refractivity contribution in [2.45, 2.75) is 52.8 Å². The number of alkyl carbamates (subject to hydrolysis) is 1. The average molecular weight is 504 g/mol. The molecule has 0 aliphatic carbocycles. The molecule has 2 aromatic heterocycles. The number of carbonyl (C=O) groups excluding carboxylic acids is 2. The van der Waals surface area contributed by atoms with Crippen molar-refractivity contribution in [1.82, 2.24) is 26.0 Å². The zero-order valence-electron chi connectivity index (χ0n) is 21.4. The van der Waals surface area contributed by atoms with E-state index in [9.17, 15) is 9.59 Å². The van der Waals surface area contributed by atoms with Crippen molar-refractivity contribution >= 4 is 12.0 Å². The summed E-state index contributed by atoms with van der Waals surface area (Å²) in [5.41, 5.74) is 2.91. The van der Waals surface area contributed by atoms with Crippen LogP contribution in [0.1, 0.15) is 39.0 Å². The molecule has 0 spiro atoms. The number of nitrogens with zero attached hydrogens (tertiary/aromatic N) is 3. The van der Waals surface area contributed by atoms with E-state index in [2.05, 4.69) is 26.0 Å². The molecule has 0 bridgehead atoms. The number of ether oxygens (including phenoxy) is 1. The summed E-state index contributed by atoms with van der Waals surface area (Å²) in [5.74, 6) is 0.897. The summed E-state index contributed by atoms with van der Waals surface area (Å²) in [4.78, 5) is 24.4. The van der Waals surface area contributed by atoms with Gasteiger partial charge in [-0.15, -0.1) is 10.2 Å². The summed E-state index contributed by atoms with van der Waals surface area (Å²) in [7, 11) is 0. The van der Waals surface area contributed by atoms with E-state index in [1.54, 1.807) is 34.6 Å². The van der Waals surface area contributed by atoms with Crippen molar-refractivity contribution in [1.29, 1.82) is 0 Å². The molecular formula is C27H29N5O5. The summed E-state index contributed by atoms with van der Waals surface area (Å²) in [5, 5.41) is 18.0. The first-order valence-corrected chi connectivity index (χ1v) is 11.8. The highest BCUT2D eigenvalue weighted by Gasteiger charge is 2.23. The molecule has 1 unspecified atom stereocenters. The maximum Gasteiger partial charge on any atom is 0.408 e. The molecule has 0 saturated carbocycles. The Balaban J connectivity index is 1.47. The Kier molecular flexibility index (Phi) is 7.37. The SMILES string of the molecule is Cc1onc(-c2cccc(CNC(=O)C(C)NC(=O)OC(C)(C)C)c2)c1-c1nnc(-c2ccccc2)o1. The van der Waals surface area contributed by atoms with E-state index in [0.29, 0.717) is 28.8 Å². The summed E-state index contributed by atoms with van der Waals surface area (Å²) in [6.07, 6.45) is -0.650. The van der Waals surface area contributed by atoms with Gasteiger partial charge in [0.05, 0.1) is 0 Å². The first-order valence-electron chi connectivity index (χ1n) is 11.8. The standard InChI is InChI=1S/C27H29N5O5/c1-16(29-26(34)36-27(3,4)5)23(33)28-15-18-10-9-13-20(14-18)22-21(17(2)37-32-22)25-31-30-24(35-25)19-11-7-6-8-12-19/h6-14,16H,15H2,1-5H3,(H,28,33)(H,29,34). The molecule has 0 radical (unpaired) electrons. The maximum atomic E-state index is 12.5. The van der Waals surface area contributed by atoms with Crippen molar-refractivity contribution in [3.63, 3.8) is 0 Å². The number of hydrogen-bond acceptors (Lipinski definition) is 8. The highest BCUT2D eigenvalue weighted by molar-refractivity contribution is 5.85. The van der Waals surface area contributed by atoms with Gasteiger partial charge in [0, 0.05) is 17.7 Å². The van der Waals surface area contributed by atoms with Gasteiger partial charge in [0.25, 0.3) is 5.89 Å². The average Bonchev–Trinajstić information content (AvgIpc) is 3.48. The van der Waals surface area contributed by atoms with Crippen LogP contribution >= 0.6 is 0 Å². The second-order valence-corrected chi connectivity index (χ2v) is 9.53. The number of benzene rings is 2. The number of aromatic nitrogens is 3. The fourth-order valence-corrected chi connectivity index (χ4v) is 3.56. The minimum Gasteiger partial charge on any atom is -0.444 e. The molecule has 1 atom stereocenters. The van der Waals surface area contributed by atoms with Gasteiger partial charge < -0.3 is 24.3 Å². The van der Waals surface area contributed by atoms with Crippen LogP contribution in [-0.4, -0.2) is 39.0 Å². The third kappa shape index (κ3) is 6.40. The lowest BCUT2D eigenvalue weighted by Gasteiger charge is -2.21. The van der Waals surface area contributed by atoms with Crippen LogP contribution in [0.4, 0.5) is 4.79 Å². The zero-order chi connectivity index (χ0) is 26.6. The van der Waals surface area contributed by atoms with Crippen molar-refractivity contribution in [2.24, 2.45) is 0 Å². The lowest BCUT2D eigenvalue weighted by Crippen LogP contribution is -2.46. The van der Waals surface area contributed by atoms with Gasteiger partial charge >= 0.3 is 6.09 Å². The van der Waals surface area contributed by atoms with E-state index >= 15 is 0 Å². The molecule has 2 aromatic carbocycles. The van der Waals surface area contributed by atoms with Crippen molar-refractivity contribution in [3.8, 4) is 34.2 Å². The van der Waals surface area contributed by atoms with Crippen LogP contribution in [0, 0.1) is 6.92 Å². The number of aryl methyl sites for hydroxylation is 1. The van der Waals surface area contributed by atoms with Crippen molar-refractivity contribution in [2.75, 3.05) is 0 Å². The van der Waals surface area contributed by atoms with Crippen molar-refractivity contribution < 1.29 is 23.3 Å². The smallest absolute Gasteiger partial charge is 0.408 e. The molecule has 37 heavy (non-hydrogen) atoms. The number of rotatable bonds is 7. The van der Waals surface area contributed by atoms with Crippen LogP contribution in [0.2, 0.25) is 0 Å². The first-order chi connectivity index (χ1) is 17.6. The Hall–Kier alpha value is -4.47. The fraction of sp³-hybridized carbons (Fsp3) is 0.296. The van der Waals surface area contributed by atoms with Gasteiger partial charge in [-0.05, 0) is 58.4 Å². The molecular weight excluding hydrogens is 474 g/mol. The van der Waals surface area contributed by atoms with E-state index < -0.39 is 17.7 Å². The lowest BCUT2D eigenvalue weighted by molar-refractivity contribution is -0.122. The minimum atomic E-state index is -0.765. The monoisotopic (exact) mass is 503 g/mol. The molecule has 2 amide bonds. The molecule has 0 fully saturated rings. The van der Waals surface area contributed by atoms with Gasteiger partial charge in [0.2, 0.25) is 11.8 Å². The first kappa shape index (κ1) is 25.6. The Morgan fingerprint density at radius 2 is 1.70 bits per heavy atom. The van der Waals surface area contributed by atoms with Crippen LogP contribution in [0.3, 0.4) is 0 Å². The number of nitrogens with one attached hydrogen (secondary N) is 2. The molecule has 0 aliphatic heterocycles. The van der Waals surface area contributed by atoms with Gasteiger partial charge in [-0.1, -0.05) is 41.6 Å². The van der Waals surface area contributed by atoms with E-state index in [-0.39, 0.29) is 12.5 Å². The van der Waals surface area contributed by atoms with E-state index in [1.807, 2.05) is 54.6 Å². The molecule has 0 saturated heterocycles. The minimum absolute atomic E-state index is 0.248. The summed E-state index contributed by atoms with van der Waals surface area (Å²) in [6.45, 7) is 8.89. The van der Waals surface area contributed by atoms with E-state index in [4.69, 9.17) is 13.7 Å². The predicted molar refractivity (Wildman–Crippen MR) is 136 cm³/mol. The topological polar surface area (TPSA) is 132 Å². The van der Waals surface area contributed by atoms with Gasteiger partial charge in [0.1, 0.15) is 28.7 Å². The Labute approximate surface area is 214 Å². The molecule has 2 N–H and O–H groups in total. The fourth-order valence-electron chi connectivity index (χ4n) is 3.56. The second kappa shape index (κ2) is 10.7. The third-order valence-corrected chi connectivity index (χ3v) is 5.32. The van der Waals surface area contributed by atoms with Gasteiger partial charge in [-0.25, -0.2) is 4.79 Å². The van der Waals surface area contributed by atoms with Crippen LogP contribution in [0.15, 0.2) is 63.5 Å². The Morgan fingerprint density at radius 3 is 2.43 bits per heavy atom. The molecule has 2 heterocycles. The summed E-state index contributed by atoms with van der Waals surface area (Å²) < 4.78 is 16.6. The largest absolute Gasteiger partial charge is 0.444 e. The molecule has 192 valence electrons. The highest BCUT2D eigenvalue weighted by atomic mass is 16.6. The number of carbonyl (C=O) groups is 2. The van der Waals surface area contributed by atoms with Crippen LogP contribution < -0.4 is 10.6 Å². The second-order valence-electron chi connectivity index (χ2n) is 9.53. The van der Waals surface area contributed by atoms with Gasteiger partial charge in [-0.2, -0.15) is 0 Å². The Morgan fingerprint density at radius 1 is 1.00 bits per heavy atom. The Bertz CT molecular complexity index is 1390. The summed E-state index contributed by atoms with van der Waals surface area (Å²) >= 11 is 0. The quantitative estimate of drug-likeness (QED) is 0.364. The van der Waals surface area contributed by atoms with Gasteiger partial charge in [0.15, 0.2) is 0 Å².